The maximum atomic E-state index is 13.6. The first kappa shape index (κ1) is 29.2. The van der Waals surface area contributed by atoms with E-state index in [9.17, 15) is 23.9 Å². The van der Waals surface area contributed by atoms with Gasteiger partial charge in [-0.15, -0.1) is 0 Å². The molecule has 3 aromatic rings. The maximum absolute atomic E-state index is 13.6. The summed E-state index contributed by atoms with van der Waals surface area (Å²) < 4.78 is 16.1. The quantitative estimate of drug-likeness (QED) is 0.343. The predicted octanol–water partition coefficient (Wildman–Crippen LogP) is 4.53. The summed E-state index contributed by atoms with van der Waals surface area (Å²) in [7, 11) is -5.26. The number of hydrogen-bond donors (Lipinski definition) is 1. The van der Waals surface area contributed by atoms with Crippen molar-refractivity contribution < 1.29 is 47.9 Å². The molecule has 3 aromatic carbocycles. The van der Waals surface area contributed by atoms with Crippen LogP contribution in [-0.2, 0) is 28.6 Å². The fourth-order valence-corrected chi connectivity index (χ4v) is 5.08. The van der Waals surface area contributed by atoms with Crippen LogP contribution in [0.25, 0.3) is 0 Å². The molecule has 0 aliphatic carbocycles. The van der Waals surface area contributed by atoms with E-state index in [4.69, 9.17) is 16.1 Å². The molecule has 0 bridgehead atoms. The summed E-state index contributed by atoms with van der Waals surface area (Å²) in [5, 5.41) is 3.19. The summed E-state index contributed by atoms with van der Waals surface area (Å²) >= 11 is 6.13. The summed E-state index contributed by atoms with van der Waals surface area (Å²) in [6.45, 7) is 3.92. The zero-order valence-corrected chi connectivity index (χ0v) is 25.0. The summed E-state index contributed by atoms with van der Waals surface area (Å²) in [5.41, 5.74) is 3.83. The van der Waals surface area contributed by atoms with Crippen molar-refractivity contribution in [3.05, 3.63) is 93.5 Å². The van der Waals surface area contributed by atoms with Crippen molar-refractivity contribution in [3.8, 4) is 0 Å². The van der Waals surface area contributed by atoms with Gasteiger partial charge in [-0.3, -0.25) is 9.59 Å². The Morgan fingerprint density at radius 3 is 2.43 bits per heavy atom. The second kappa shape index (κ2) is 12.0. The van der Waals surface area contributed by atoms with Crippen LogP contribution >= 0.6 is 19.4 Å². The minimum absolute atomic E-state index is 0. The van der Waals surface area contributed by atoms with Crippen LogP contribution in [0.3, 0.4) is 0 Å². The third-order valence-corrected chi connectivity index (χ3v) is 6.83. The van der Waals surface area contributed by atoms with Crippen molar-refractivity contribution in [1.29, 1.82) is 0 Å². The van der Waals surface area contributed by atoms with Crippen LogP contribution in [-0.4, -0.2) is 18.4 Å². The monoisotopic (exact) mass is 590 g/mol. The molecule has 188 valence electrons. The Bertz CT molecular complexity index is 1380. The van der Waals surface area contributed by atoms with Gasteiger partial charge in [-0.05, 0) is 80.3 Å². The SMILES string of the molecule is Cc1ccccc1C(=O)Nc1ccc(C(=O)N2CCCC(OP(=O)([O-])[O-])c3cc(Cl)ccc32)c(C)c1.[Zn+2]. The van der Waals surface area contributed by atoms with Gasteiger partial charge >= 0.3 is 19.5 Å². The Hall–Kier alpha value is -2.38. The van der Waals surface area contributed by atoms with E-state index < -0.39 is 13.9 Å². The van der Waals surface area contributed by atoms with Gasteiger partial charge in [0, 0.05) is 39.6 Å². The van der Waals surface area contributed by atoms with Gasteiger partial charge in [-0.25, -0.2) is 0 Å². The molecule has 1 N–H and O–H groups in total. The number of phosphoric acid groups is 1. The average molecular weight is 592 g/mol. The van der Waals surface area contributed by atoms with E-state index >= 15 is 0 Å². The Morgan fingerprint density at radius 1 is 1.03 bits per heavy atom. The molecule has 0 saturated carbocycles. The van der Waals surface area contributed by atoms with Crippen molar-refractivity contribution in [2.75, 3.05) is 16.8 Å². The Morgan fingerprint density at radius 2 is 1.76 bits per heavy atom. The van der Waals surface area contributed by atoms with E-state index in [0.717, 1.165) is 5.56 Å². The van der Waals surface area contributed by atoms with Gasteiger partial charge in [0.15, 0.2) is 0 Å². The number of aryl methyl sites for hydroxylation is 2. The molecule has 1 aliphatic heterocycles. The summed E-state index contributed by atoms with van der Waals surface area (Å²) in [5.74, 6) is -0.550. The minimum atomic E-state index is -5.26. The topological polar surface area (TPSA) is 122 Å². The second-order valence-electron chi connectivity index (χ2n) is 8.64. The number of rotatable bonds is 5. The molecule has 1 atom stereocenters. The smallest absolute Gasteiger partial charge is 0.790 e. The molecule has 8 nitrogen and oxygen atoms in total. The third kappa shape index (κ3) is 6.94. The fourth-order valence-electron chi connectivity index (χ4n) is 4.37. The van der Waals surface area contributed by atoms with Crippen molar-refractivity contribution >= 4 is 42.6 Å². The number of halogens is 1. The van der Waals surface area contributed by atoms with Crippen molar-refractivity contribution in [2.45, 2.75) is 32.8 Å². The first-order valence-electron chi connectivity index (χ1n) is 11.3. The third-order valence-electron chi connectivity index (χ3n) is 6.08. The normalized spacial score (nSPS) is 15.3. The molecular weight excluding hydrogens is 568 g/mol. The number of anilines is 2. The summed E-state index contributed by atoms with van der Waals surface area (Å²) in [4.78, 5) is 50.4. The molecule has 0 radical (unpaired) electrons. The van der Waals surface area contributed by atoms with Crippen LogP contribution in [0.5, 0.6) is 0 Å². The molecule has 0 spiro atoms. The van der Waals surface area contributed by atoms with E-state index in [0.29, 0.717) is 51.6 Å². The number of amides is 2. The first-order valence-corrected chi connectivity index (χ1v) is 13.2. The zero-order valence-electron chi connectivity index (χ0n) is 20.4. The first-order chi connectivity index (χ1) is 17.0. The van der Waals surface area contributed by atoms with E-state index in [1.165, 1.54) is 11.0 Å². The Labute approximate surface area is 233 Å². The number of benzene rings is 3. The van der Waals surface area contributed by atoms with Gasteiger partial charge in [0.2, 0.25) is 0 Å². The number of carbonyl (C=O) groups excluding carboxylic acids is 2. The van der Waals surface area contributed by atoms with Crippen molar-refractivity contribution in [1.82, 2.24) is 0 Å². The molecule has 1 aliphatic rings. The molecule has 1 unspecified atom stereocenters. The van der Waals surface area contributed by atoms with Gasteiger partial charge < -0.3 is 29.1 Å². The molecule has 0 saturated heterocycles. The molecule has 1 heterocycles. The maximum Gasteiger partial charge on any atom is 2.00 e. The second-order valence-corrected chi connectivity index (χ2v) is 10.2. The van der Waals surface area contributed by atoms with E-state index in [2.05, 4.69) is 5.32 Å². The zero-order chi connectivity index (χ0) is 26.0. The molecule has 0 aromatic heterocycles. The standard InChI is InChI=1S/C26H26ClN2O6P.Zn/c1-16-6-3-4-7-20(16)25(30)28-19-10-11-21(17(2)14-19)26(31)29-13-5-8-24(35-36(32,33)34)22-15-18(27)9-12-23(22)29;/h3-4,6-7,9-12,14-15,24H,5,8,13H2,1-2H3,(H,28,30)(H2,32,33,34);/q;+2/p-2. The van der Waals surface area contributed by atoms with Crippen LogP contribution < -0.4 is 20.0 Å². The van der Waals surface area contributed by atoms with Crippen LogP contribution in [0.15, 0.2) is 60.7 Å². The van der Waals surface area contributed by atoms with Crippen LogP contribution in [0.1, 0.15) is 56.4 Å². The number of nitrogens with zero attached hydrogens (tertiary/aromatic N) is 1. The molecule has 37 heavy (non-hydrogen) atoms. The van der Waals surface area contributed by atoms with Gasteiger partial charge in [-0.2, -0.15) is 0 Å². The number of carbonyl (C=O) groups is 2. The minimum Gasteiger partial charge on any atom is -0.790 e. The Balaban J connectivity index is 0.00000380. The molecule has 2 amide bonds. The molecular formula is C26H24ClN2O6PZn. The van der Waals surface area contributed by atoms with Gasteiger partial charge in [-0.1, -0.05) is 29.8 Å². The molecule has 4 rings (SSSR count). The van der Waals surface area contributed by atoms with Gasteiger partial charge in [0.25, 0.3) is 11.8 Å². The largest absolute Gasteiger partial charge is 2.00 e. The van der Waals surface area contributed by atoms with Crippen molar-refractivity contribution in [3.63, 3.8) is 0 Å². The van der Waals surface area contributed by atoms with Gasteiger partial charge in [0.1, 0.15) is 0 Å². The molecule has 11 heteroatoms. The van der Waals surface area contributed by atoms with E-state index in [1.807, 2.05) is 19.1 Å². The van der Waals surface area contributed by atoms with Gasteiger partial charge in [0.05, 0.1) is 13.9 Å². The average Bonchev–Trinajstić information content (AvgIpc) is 2.97. The summed E-state index contributed by atoms with van der Waals surface area (Å²) in [6, 6.07) is 17.0. The predicted molar refractivity (Wildman–Crippen MR) is 134 cm³/mol. The van der Waals surface area contributed by atoms with E-state index in [1.54, 1.807) is 49.4 Å². The molecule has 0 fully saturated rings. The van der Waals surface area contributed by atoms with Crippen LogP contribution in [0.4, 0.5) is 11.4 Å². The van der Waals surface area contributed by atoms with Crippen LogP contribution in [0, 0.1) is 13.8 Å². The fraction of sp³-hybridized carbons (Fsp3) is 0.231. The number of fused-ring (bicyclic) bond motifs is 1. The number of hydrogen-bond acceptors (Lipinski definition) is 6. The van der Waals surface area contributed by atoms with E-state index in [-0.39, 0.29) is 37.7 Å². The number of nitrogens with one attached hydrogen (secondary N) is 1. The summed E-state index contributed by atoms with van der Waals surface area (Å²) in [6.07, 6.45) is -0.390. The number of phosphoric ester groups is 1. The Kier molecular flexibility index (Phi) is 9.46. The van der Waals surface area contributed by atoms with Crippen LogP contribution in [0.2, 0.25) is 5.02 Å². The van der Waals surface area contributed by atoms with Crippen molar-refractivity contribution in [2.24, 2.45) is 0 Å².